The van der Waals surface area contributed by atoms with Gasteiger partial charge in [0.05, 0.1) is 22.3 Å². The summed E-state index contributed by atoms with van der Waals surface area (Å²) in [6.45, 7) is 3.92. The van der Waals surface area contributed by atoms with Crippen molar-refractivity contribution in [3.63, 3.8) is 0 Å². The number of alkyl halides is 3. The number of carbonyl (C=O) groups excluding carboxylic acids is 3. The summed E-state index contributed by atoms with van der Waals surface area (Å²) in [5, 5.41) is 2.45. The van der Waals surface area contributed by atoms with Crippen molar-refractivity contribution in [3.05, 3.63) is 82.9 Å². The van der Waals surface area contributed by atoms with Crippen LogP contribution < -0.4 is 15.8 Å². The molecule has 0 radical (unpaired) electrons. The second-order valence-corrected chi connectivity index (χ2v) is 11.0. The van der Waals surface area contributed by atoms with Gasteiger partial charge < -0.3 is 20.4 Å². The Morgan fingerprint density at radius 3 is 2.38 bits per heavy atom. The van der Waals surface area contributed by atoms with E-state index in [1.54, 1.807) is 13.1 Å². The van der Waals surface area contributed by atoms with Crippen LogP contribution >= 0.6 is 12.8 Å². The van der Waals surface area contributed by atoms with Crippen LogP contribution in [0.3, 0.4) is 0 Å². The molecule has 1 heterocycles. The van der Waals surface area contributed by atoms with Gasteiger partial charge >= 0.3 is 6.18 Å². The fourth-order valence-corrected chi connectivity index (χ4v) is 5.52. The lowest BCUT2D eigenvalue weighted by molar-refractivity contribution is -0.137. The molecular weight excluding hydrogens is 610 g/mol. The van der Waals surface area contributed by atoms with Crippen LogP contribution in [0.5, 0.6) is 0 Å². The highest BCUT2D eigenvalue weighted by molar-refractivity contribution is 7.78. The number of amides is 2. The summed E-state index contributed by atoms with van der Waals surface area (Å²) in [5.41, 5.74) is 8.87. The number of halogens is 4. The lowest BCUT2D eigenvalue weighted by atomic mass is 9.77. The number of hydrogen-bond donors (Lipinski definition) is 4. The van der Waals surface area contributed by atoms with Crippen molar-refractivity contribution in [3.8, 4) is 11.1 Å². The average molecular weight is 646 g/mol. The Balaban J connectivity index is 0.00000104. The zero-order valence-corrected chi connectivity index (χ0v) is 25.9. The summed E-state index contributed by atoms with van der Waals surface area (Å²) in [6, 6.07) is 13.4. The molecule has 5 rings (SSSR count). The van der Waals surface area contributed by atoms with Crippen LogP contribution in [-0.2, 0) is 22.8 Å². The van der Waals surface area contributed by atoms with E-state index in [9.17, 15) is 27.2 Å². The number of rotatable bonds is 5. The molecule has 2 atom stereocenters. The van der Waals surface area contributed by atoms with Crippen LogP contribution in [0.1, 0.15) is 58.9 Å². The highest BCUT2D eigenvalue weighted by atomic mass is 32.1. The topological polar surface area (TPSA) is 119 Å². The first-order valence-corrected chi connectivity index (χ1v) is 14.4. The van der Waals surface area contributed by atoms with E-state index in [0.29, 0.717) is 30.0 Å². The number of hydrogen-bond acceptors (Lipinski definition) is 6. The van der Waals surface area contributed by atoms with Gasteiger partial charge in [0, 0.05) is 18.5 Å². The number of benzene rings is 3. The summed E-state index contributed by atoms with van der Waals surface area (Å²) in [7, 11) is 3.68. The molecule has 4 N–H and O–H groups in total. The van der Waals surface area contributed by atoms with E-state index >= 15 is 0 Å². The minimum atomic E-state index is -4.68. The van der Waals surface area contributed by atoms with Gasteiger partial charge in [0.15, 0.2) is 0 Å². The monoisotopic (exact) mass is 645 g/mol. The molecule has 2 unspecified atom stereocenters. The van der Waals surface area contributed by atoms with Crippen LogP contribution in [-0.4, -0.2) is 35.2 Å². The van der Waals surface area contributed by atoms with E-state index in [0.717, 1.165) is 53.0 Å². The van der Waals surface area contributed by atoms with E-state index in [1.165, 1.54) is 0 Å². The first-order chi connectivity index (χ1) is 21.3. The first-order valence-electron chi connectivity index (χ1n) is 14.0. The minimum Gasteiger partial charge on any atom is -0.366 e. The number of nitrogens with two attached hydrogens (primary N) is 1. The Morgan fingerprint density at radius 1 is 1.07 bits per heavy atom. The number of aromatic nitrogens is 2. The third-order valence-corrected chi connectivity index (χ3v) is 7.80. The zero-order valence-electron chi connectivity index (χ0n) is 25.0. The summed E-state index contributed by atoms with van der Waals surface area (Å²) in [4.78, 5) is 38.0. The molecule has 8 nitrogen and oxygen atoms in total. The Kier molecular flexibility index (Phi) is 11.9. The van der Waals surface area contributed by atoms with Crippen molar-refractivity contribution in [1.82, 2.24) is 14.3 Å². The highest BCUT2D eigenvalue weighted by Gasteiger charge is 2.32. The van der Waals surface area contributed by atoms with Gasteiger partial charge in [-0.1, -0.05) is 37.4 Å². The van der Waals surface area contributed by atoms with Gasteiger partial charge in [-0.2, -0.15) is 13.2 Å². The maximum absolute atomic E-state index is 14.3. The summed E-state index contributed by atoms with van der Waals surface area (Å²) in [6.07, 6.45) is -2.15. The molecule has 1 saturated carbocycles. The van der Waals surface area contributed by atoms with Gasteiger partial charge in [0.25, 0.3) is 0 Å². The minimum absolute atomic E-state index is 0.0463. The standard InChI is InChI=1S/C30H28F4N4O2.CH5NS.CH2O/c1-16-36-26-14-19(7-11-27(26)38(16)2)22-9-6-18(13-23(22)28(35)39)17-4-3-5-20(12-17)29(40)37-25-10-8-21(15-24(25)31)30(32,33)34;1-2-3;1-2/h6-11,13-15,17,20H,3-5,12H2,1-2H3,(H2,35,39)(H,37,40);2-3H,1H3;1H2. The van der Waals surface area contributed by atoms with Crippen molar-refractivity contribution < 1.29 is 31.9 Å². The summed E-state index contributed by atoms with van der Waals surface area (Å²) in [5.74, 6) is -1.81. The second kappa shape index (κ2) is 15.2. The number of primary amides is 1. The first kappa shape index (κ1) is 35.3. The molecule has 0 aliphatic heterocycles. The largest absolute Gasteiger partial charge is 0.416 e. The highest BCUT2D eigenvalue weighted by Crippen LogP contribution is 2.39. The maximum atomic E-state index is 14.3. The van der Waals surface area contributed by atoms with E-state index in [1.807, 2.05) is 55.7 Å². The number of nitrogens with zero attached hydrogens (tertiary/aromatic N) is 2. The van der Waals surface area contributed by atoms with Gasteiger partial charge in [-0.25, -0.2) is 9.37 Å². The molecule has 2 amide bonds. The SMILES string of the molecule is C=O.CNS.Cc1nc2cc(-c3ccc(C4CCCC(C(=O)Nc5ccc(C(F)(F)F)cc5F)C4)cc3C(N)=O)ccc2n1C. The van der Waals surface area contributed by atoms with Crippen molar-refractivity contribution in [2.24, 2.45) is 18.7 Å². The second-order valence-electron chi connectivity index (χ2n) is 10.6. The number of imidazole rings is 1. The molecule has 0 bridgehead atoms. The molecule has 0 saturated heterocycles. The van der Waals surface area contributed by atoms with E-state index < -0.39 is 35.3 Å². The predicted octanol–water partition coefficient (Wildman–Crippen LogP) is 6.58. The smallest absolute Gasteiger partial charge is 0.366 e. The lowest BCUT2D eigenvalue weighted by Gasteiger charge is -2.29. The Hall–Kier alpha value is -4.23. The van der Waals surface area contributed by atoms with Crippen molar-refractivity contribution >= 4 is 48.1 Å². The van der Waals surface area contributed by atoms with Gasteiger partial charge in [-0.15, -0.1) is 0 Å². The molecule has 1 aliphatic rings. The molecule has 4 aromatic rings. The van der Waals surface area contributed by atoms with E-state index in [2.05, 4.69) is 27.8 Å². The van der Waals surface area contributed by atoms with Crippen molar-refractivity contribution in [2.45, 2.75) is 44.7 Å². The number of anilines is 1. The van der Waals surface area contributed by atoms with Crippen LogP contribution in [0.2, 0.25) is 0 Å². The molecule has 3 aromatic carbocycles. The number of thiol groups is 1. The molecule has 13 heteroatoms. The van der Waals surface area contributed by atoms with Gasteiger partial charge in [0.2, 0.25) is 11.8 Å². The lowest BCUT2D eigenvalue weighted by Crippen LogP contribution is -2.28. The molecule has 1 fully saturated rings. The fourth-order valence-electron chi connectivity index (χ4n) is 5.52. The molecule has 1 aliphatic carbocycles. The van der Waals surface area contributed by atoms with Crippen LogP contribution in [0.25, 0.3) is 22.2 Å². The number of carbonyl (C=O) groups is 3. The van der Waals surface area contributed by atoms with Crippen LogP contribution in [0.4, 0.5) is 23.2 Å². The third kappa shape index (κ3) is 8.28. The normalized spacial score (nSPS) is 16.2. The third-order valence-electron chi connectivity index (χ3n) is 7.80. The maximum Gasteiger partial charge on any atom is 0.416 e. The van der Waals surface area contributed by atoms with E-state index in [4.69, 9.17) is 10.5 Å². The molecule has 1 aromatic heterocycles. The zero-order chi connectivity index (χ0) is 33.5. The Bertz CT molecular complexity index is 1670. The number of fused-ring (bicyclic) bond motifs is 1. The van der Waals surface area contributed by atoms with E-state index in [-0.39, 0.29) is 11.6 Å². The van der Waals surface area contributed by atoms with Crippen LogP contribution in [0.15, 0.2) is 54.6 Å². The molecule has 45 heavy (non-hydrogen) atoms. The Morgan fingerprint density at radius 2 is 1.76 bits per heavy atom. The van der Waals surface area contributed by atoms with Crippen LogP contribution in [0, 0.1) is 18.7 Å². The van der Waals surface area contributed by atoms with Crippen molar-refractivity contribution in [1.29, 1.82) is 0 Å². The van der Waals surface area contributed by atoms with Gasteiger partial charge in [-0.3, -0.25) is 14.3 Å². The van der Waals surface area contributed by atoms with Gasteiger partial charge in [-0.05, 0) is 92.2 Å². The predicted molar refractivity (Wildman–Crippen MR) is 169 cm³/mol. The summed E-state index contributed by atoms with van der Waals surface area (Å²) >= 11 is 3.54. The molecule has 240 valence electrons. The summed E-state index contributed by atoms with van der Waals surface area (Å²) < 4.78 is 57.3. The van der Waals surface area contributed by atoms with Crippen molar-refractivity contribution in [2.75, 3.05) is 12.4 Å². The Labute approximate surface area is 263 Å². The average Bonchev–Trinajstić information content (AvgIpc) is 3.30. The quantitative estimate of drug-likeness (QED) is 0.144. The van der Waals surface area contributed by atoms with Gasteiger partial charge in [0.1, 0.15) is 18.4 Å². The number of nitrogens with one attached hydrogen (secondary N) is 2. The molecular formula is C32H35F4N5O3S. The fraction of sp³-hybridized carbons (Fsp3) is 0.312. The number of aryl methyl sites for hydroxylation is 2. The molecule has 0 spiro atoms.